The van der Waals surface area contributed by atoms with Crippen molar-refractivity contribution in [2.24, 2.45) is 0 Å². The van der Waals surface area contributed by atoms with Gasteiger partial charge >= 0.3 is 0 Å². The summed E-state index contributed by atoms with van der Waals surface area (Å²) in [5.74, 6) is 0. The summed E-state index contributed by atoms with van der Waals surface area (Å²) >= 11 is 3.34. The second kappa shape index (κ2) is 9.93. The minimum absolute atomic E-state index is 0.835. The fraction of sp³-hybridized carbons (Fsp3) is 0. The Morgan fingerprint density at radius 2 is 1.05 bits per heavy atom. The second-order valence-corrected chi connectivity index (χ2v) is 15.7. The summed E-state index contributed by atoms with van der Waals surface area (Å²) in [5, 5.41) is 4.44. The van der Waals surface area contributed by atoms with E-state index < -0.39 is 7.14 Å². The summed E-state index contributed by atoms with van der Waals surface area (Å²) in [6, 6.07) is 47.6. The Balaban J connectivity index is 1.35. The van der Waals surface area contributed by atoms with Crippen molar-refractivity contribution in [3.63, 3.8) is 0 Å². The maximum Gasteiger partial charge on any atom is 0.172 e. The molecule has 0 spiro atoms. The minimum atomic E-state index is -3.26. The van der Waals surface area contributed by atoms with Crippen molar-refractivity contribution in [3.8, 4) is 43.4 Å². The number of nitrogens with zero attached hydrogens (tertiary/aromatic N) is 2. The molecule has 1 aliphatic heterocycles. The van der Waals surface area contributed by atoms with Gasteiger partial charge in [-0.25, -0.2) is 9.97 Å². The summed E-state index contributed by atoms with van der Waals surface area (Å²) in [6.07, 6.45) is 0. The van der Waals surface area contributed by atoms with Crippen molar-refractivity contribution in [2.75, 3.05) is 0 Å². The molecule has 3 heterocycles. The van der Waals surface area contributed by atoms with Gasteiger partial charge in [0.05, 0.1) is 20.4 Å². The van der Waals surface area contributed by atoms with Crippen LogP contribution in [0.3, 0.4) is 0 Å². The Hall–Kier alpha value is -4.67. The Morgan fingerprint density at radius 1 is 0.477 bits per heavy atom. The molecule has 1 unspecified atom stereocenters. The molecule has 0 N–H and O–H groups in total. The lowest BCUT2D eigenvalue weighted by molar-refractivity contribution is 0.593. The zero-order chi connectivity index (χ0) is 29.3. The molecule has 0 saturated carbocycles. The molecule has 0 aliphatic carbocycles. The maximum absolute atomic E-state index is 15.9. The standard InChI is InChI=1S/C38H23N2OPS2/c41-42(27-13-5-2-6-14-27)32-22-25(37-39-30-15-7-9-17-34(30)43-37)19-20-28(32)36-29(24-11-3-1-4-12-24)21-26(23-33(36)42)38-40-31-16-8-10-18-35(31)44-38/h1-23H. The summed E-state index contributed by atoms with van der Waals surface area (Å²) in [7, 11) is -3.26. The van der Waals surface area contributed by atoms with E-state index in [1.165, 1.54) is 0 Å². The van der Waals surface area contributed by atoms with E-state index in [2.05, 4.69) is 72.8 Å². The normalized spacial score (nSPS) is 15.5. The van der Waals surface area contributed by atoms with Crippen LogP contribution in [-0.4, -0.2) is 9.97 Å². The van der Waals surface area contributed by atoms with E-state index >= 15 is 4.57 Å². The predicted molar refractivity (Wildman–Crippen MR) is 187 cm³/mol. The average Bonchev–Trinajstić information content (AvgIpc) is 3.79. The molecular formula is C38H23N2OPS2. The highest BCUT2D eigenvalue weighted by Gasteiger charge is 2.42. The topological polar surface area (TPSA) is 42.9 Å². The third-order valence-corrected chi connectivity index (χ3v) is 13.6. The van der Waals surface area contributed by atoms with Gasteiger partial charge in [-0.15, -0.1) is 22.7 Å². The molecule has 44 heavy (non-hydrogen) atoms. The van der Waals surface area contributed by atoms with Crippen molar-refractivity contribution in [3.05, 3.63) is 140 Å². The molecule has 0 fully saturated rings. The van der Waals surface area contributed by atoms with Gasteiger partial charge in [0.25, 0.3) is 0 Å². The van der Waals surface area contributed by atoms with E-state index in [0.717, 1.165) is 79.7 Å². The van der Waals surface area contributed by atoms with Gasteiger partial charge in [-0.3, -0.25) is 0 Å². The number of para-hydroxylation sites is 2. The average molecular weight is 619 g/mol. The number of benzene rings is 6. The third kappa shape index (κ3) is 3.90. The van der Waals surface area contributed by atoms with Gasteiger partial charge in [0, 0.05) is 32.6 Å². The molecule has 6 aromatic carbocycles. The first-order valence-electron chi connectivity index (χ1n) is 14.4. The number of hydrogen-bond donors (Lipinski definition) is 0. The first-order valence-corrected chi connectivity index (χ1v) is 17.8. The van der Waals surface area contributed by atoms with Crippen molar-refractivity contribution in [1.82, 2.24) is 9.97 Å². The molecule has 8 aromatic rings. The molecule has 3 nitrogen and oxygen atoms in total. The molecule has 1 aliphatic rings. The molecule has 0 saturated heterocycles. The molecule has 0 amide bonds. The summed E-state index contributed by atoms with van der Waals surface area (Å²) in [4.78, 5) is 9.95. The highest BCUT2D eigenvalue weighted by molar-refractivity contribution is 7.86. The minimum Gasteiger partial charge on any atom is -0.309 e. The van der Waals surface area contributed by atoms with Gasteiger partial charge in [-0.05, 0) is 59.2 Å². The molecule has 0 radical (unpaired) electrons. The van der Waals surface area contributed by atoms with Crippen LogP contribution in [0.1, 0.15) is 0 Å². The molecular weight excluding hydrogens is 596 g/mol. The maximum atomic E-state index is 15.9. The number of aromatic nitrogens is 2. The van der Waals surface area contributed by atoms with Crippen LogP contribution in [0.4, 0.5) is 0 Å². The van der Waals surface area contributed by atoms with E-state index in [0.29, 0.717) is 0 Å². The summed E-state index contributed by atoms with van der Waals surface area (Å²) in [5.41, 5.74) is 8.15. The van der Waals surface area contributed by atoms with Gasteiger partial charge in [-0.2, -0.15) is 0 Å². The monoisotopic (exact) mass is 618 g/mol. The fourth-order valence-electron chi connectivity index (χ4n) is 6.30. The zero-order valence-electron chi connectivity index (χ0n) is 23.3. The Kier molecular flexibility index (Phi) is 5.82. The SMILES string of the molecule is O=P1(c2ccccc2)c2cc(-c3nc4ccccc4s3)ccc2-c2c(-c3ccccc3)cc(-c3nc4ccccc4s3)cc21. The van der Waals surface area contributed by atoms with Crippen LogP contribution in [0.5, 0.6) is 0 Å². The smallest absolute Gasteiger partial charge is 0.172 e. The highest BCUT2D eigenvalue weighted by atomic mass is 32.1. The van der Waals surface area contributed by atoms with Gasteiger partial charge < -0.3 is 4.57 Å². The number of fused-ring (bicyclic) bond motifs is 5. The molecule has 6 heteroatoms. The van der Waals surface area contributed by atoms with E-state index in [-0.39, 0.29) is 0 Å². The van der Waals surface area contributed by atoms with Gasteiger partial charge in [0.1, 0.15) is 10.0 Å². The first kappa shape index (κ1) is 25.8. The van der Waals surface area contributed by atoms with Crippen LogP contribution in [-0.2, 0) is 4.57 Å². The first-order chi connectivity index (χ1) is 21.7. The highest BCUT2D eigenvalue weighted by Crippen LogP contribution is 2.56. The Labute approximate surface area is 262 Å². The molecule has 0 bridgehead atoms. The Morgan fingerprint density at radius 3 is 1.70 bits per heavy atom. The fourth-order valence-corrected chi connectivity index (χ4v) is 11.3. The van der Waals surface area contributed by atoms with Crippen LogP contribution >= 0.6 is 29.8 Å². The van der Waals surface area contributed by atoms with Crippen LogP contribution in [0.2, 0.25) is 0 Å². The van der Waals surface area contributed by atoms with Crippen LogP contribution in [0, 0.1) is 0 Å². The quantitative estimate of drug-likeness (QED) is 0.185. The van der Waals surface area contributed by atoms with Crippen molar-refractivity contribution < 1.29 is 4.57 Å². The van der Waals surface area contributed by atoms with Crippen molar-refractivity contribution in [1.29, 1.82) is 0 Å². The van der Waals surface area contributed by atoms with Crippen LogP contribution < -0.4 is 15.9 Å². The van der Waals surface area contributed by atoms with Crippen molar-refractivity contribution >= 4 is 66.2 Å². The van der Waals surface area contributed by atoms with Gasteiger partial charge in [0.15, 0.2) is 7.14 Å². The van der Waals surface area contributed by atoms with E-state index in [9.17, 15) is 0 Å². The summed E-state index contributed by atoms with van der Waals surface area (Å²) < 4.78 is 18.2. The Bertz CT molecular complexity index is 2360. The lowest BCUT2D eigenvalue weighted by Crippen LogP contribution is -2.21. The zero-order valence-corrected chi connectivity index (χ0v) is 25.9. The summed E-state index contributed by atoms with van der Waals surface area (Å²) in [6.45, 7) is 0. The van der Waals surface area contributed by atoms with Crippen LogP contribution in [0.15, 0.2) is 140 Å². The lowest BCUT2D eigenvalue weighted by Gasteiger charge is -2.18. The molecule has 1 atom stereocenters. The third-order valence-electron chi connectivity index (χ3n) is 8.35. The van der Waals surface area contributed by atoms with Crippen molar-refractivity contribution in [2.45, 2.75) is 0 Å². The number of hydrogen-bond acceptors (Lipinski definition) is 5. The largest absolute Gasteiger partial charge is 0.309 e. The molecule has 208 valence electrons. The van der Waals surface area contributed by atoms with E-state index in [1.54, 1.807) is 22.7 Å². The number of rotatable bonds is 4. The lowest BCUT2D eigenvalue weighted by atomic mass is 9.92. The molecule has 2 aromatic heterocycles. The van der Waals surface area contributed by atoms with E-state index in [1.807, 2.05) is 66.7 Å². The predicted octanol–water partition coefficient (Wildman–Crippen LogP) is 9.53. The van der Waals surface area contributed by atoms with Gasteiger partial charge in [-0.1, -0.05) is 97.1 Å². The molecule has 9 rings (SSSR count). The van der Waals surface area contributed by atoms with Crippen LogP contribution in [0.25, 0.3) is 63.8 Å². The number of thiazole rings is 2. The van der Waals surface area contributed by atoms with Gasteiger partial charge in [0.2, 0.25) is 0 Å². The second-order valence-electron chi connectivity index (χ2n) is 10.9. The van der Waals surface area contributed by atoms with E-state index in [4.69, 9.17) is 9.97 Å².